The van der Waals surface area contributed by atoms with Crippen LogP contribution in [0, 0.1) is 0 Å². The molecule has 0 saturated carbocycles. The molecule has 0 fully saturated rings. The van der Waals surface area contributed by atoms with Crippen LogP contribution in [0.1, 0.15) is 21.7 Å². The van der Waals surface area contributed by atoms with E-state index in [0.29, 0.717) is 12.1 Å². The van der Waals surface area contributed by atoms with Crippen LogP contribution < -0.4 is 5.32 Å². The minimum absolute atomic E-state index is 0.328. The average molecular weight is 361 g/mol. The number of nitrogens with zero attached hydrogens (tertiary/aromatic N) is 2. The number of rotatable bonds is 7. The number of furan rings is 1. The molecule has 1 N–H and O–H groups in total. The van der Waals surface area contributed by atoms with Crippen molar-refractivity contribution in [3.63, 3.8) is 0 Å². The van der Waals surface area contributed by atoms with Crippen LogP contribution in [0.4, 0.5) is 5.13 Å². The van der Waals surface area contributed by atoms with Crippen LogP contribution in [0.3, 0.4) is 0 Å². The molecule has 0 spiro atoms. The van der Waals surface area contributed by atoms with Gasteiger partial charge in [0.2, 0.25) is 5.13 Å². The van der Waals surface area contributed by atoms with Gasteiger partial charge in [-0.15, -0.1) is 10.2 Å². The van der Waals surface area contributed by atoms with Gasteiger partial charge in [0, 0.05) is 5.75 Å². The maximum atomic E-state index is 11.4. The van der Waals surface area contributed by atoms with E-state index in [9.17, 15) is 4.79 Å². The Morgan fingerprint density at radius 1 is 1.29 bits per heavy atom. The van der Waals surface area contributed by atoms with E-state index in [4.69, 9.17) is 4.42 Å². The zero-order valence-corrected chi connectivity index (χ0v) is 14.5. The van der Waals surface area contributed by atoms with Crippen molar-refractivity contribution in [1.82, 2.24) is 10.2 Å². The first-order valence-corrected chi connectivity index (χ1v) is 8.94. The molecule has 24 heavy (non-hydrogen) atoms. The third kappa shape index (κ3) is 4.36. The highest BCUT2D eigenvalue weighted by atomic mass is 32.2. The number of methoxy groups -OCH3 is 1. The van der Waals surface area contributed by atoms with Crippen LogP contribution in [-0.2, 0) is 17.0 Å². The smallest absolute Gasteiger partial charge is 0.337 e. The highest BCUT2D eigenvalue weighted by Crippen LogP contribution is 2.28. The minimum atomic E-state index is -0.328. The molecule has 3 aromatic rings. The van der Waals surface area contributed by atoms with Crippen molar-refractivity contribution in [1.29, 1.82) is 0 Å². The van der Waals surface area contributed by atoms with Gasteiger partial charge in [-0.1, -0.05) is 35.2 Å². The lowest BCUT2D eigenvalue weighted by Gasteiger charge is -2.01. The van der Waals surface area contributed by atoms with Crippen LogP contribution >= 0.6 is 23.1 Å². The first-order chi connectivity index (χ1) is 11.7. The van der Waals surface area contributed by atoms with Gasteiger partial charge < -0.3 is 14.5 Å². The summed E-state index contributed by atoms with van der Waals surface area (Å²) in [4.78, 5) is 11.4. The van der Waals surface area contributed by atoms with E-state index in [1.807, 2.05) is 24.3 Å². The Morgan fingerprint density at radius 2 is 2.12 bits per heavy atom. The Kier molecular flexibility index (Phi) is 5.50. The Morgan fingerprint density at radius 3 is 2.83 bits per heavy atom. The summed E-state index contributed by atoms with van der Waals surface area (Å²) in [6, 6.07) is 11.1. The van der Waals surface area contributed by atoms with Crippen LogP contribution in [0.5, 0.6) is 0 Å². The van der Waals surface area contributed by atoms with Gasteiger partial charge in [-0.2, -0.15) is 0 Å². The van der Waals surface area contributed by atoms with E-state index in [2.05, 4.69) is 20.3 Å². The van der Waals surface area contributed by atoms with Crippen molar-refractivity contribution in [3.8, 4) is 0 Å². The van der Waals surface area contributed by atoms with Gasteiger partial charge in [-0.25, -0.2) is 4.79 Å². The van der Waals surface area contributed by atoms with Gasteiger partial charge in [-0.3, -0.25) is 0 Å². The van der Waals surface area contributed by atoms with Gasteiger partial charge >= 0.3 is 5.97 Å². The molecule has 0 radical (unpaired) electrons. The summed E-state index contributed by atoms with van der Waals surface area (Å²) in [7, 11) is 1.37. The van der Waals surface area contributed by atoms with Crippen molar-refractivity contribution in [2.45, 2.75) is 16.6 Å². The van der Waals surface area contributed by atoms with E-state index < -0.39 is 0 Å². The normalized spacial score (nSPS) is 10.5. The number of hydrogen-bond donors (Lipinski definition) is 1. The summed E-state index contributed by atoms with van der Waals surface area (Å²) in [5.74, 6) is 1.28. The fraction of sp³-hybridized carbons (Fsp3) is 0.188. The number of anilines is 1. The number of aromatic nitrogens is 2. The van der Waals surface area contributed by atoms with Gasteiger partial charge in [0.15, 0.2) is 4.34 Å². The molecule has 0 aliphatic carbocycles. The molecule has 0 bridgehead atoms. The van der Waals surface area contributed by atoms with Crippen molar-refractivity contribution in [2.75, 3.05) is 12.4 Å². The molecule has 0 aliphatic rings. The second-order valence-corrected chi connectivity index (χ2v) is 6.98. The number of ether oxygens (including phenoxy) is 1. The lowest BCUT2D eigenvalue weighted by Crippen LogP contribution is -2.00. The zero-order valence-electron chi connectivity index (χ0n) is 12.9. The summed E-state index contributed by atoms with van der Waals surface area (Å²) in [6.07, 6.45) is 1.64. The summed E-state index contributed by atoms with van der Waals surface area (Å²) < 4.78 is 10.8. The van der Waals surface area contributed by atoms with Gasteiger partial charge in [0.1, 0.15) is 5.76 Å². The number of nitrogens with one attached hydrogen (secondary N) is 1. The van der Waals surface area contributed by atoms with E-state index in [1.54, 1.807) is 30.2 Å². The fourth-order valence-electron chi connectivity index (χ4n) is 1.92. The number of carbonyl (C=O) groups excluding carboxylic acids is 1. The fourth-order valence-corrected chi connectivity index (χ4v) is 3.62. The number of thioether (sulfide) groups is 1. The molecule has 2 heterocycles. The average Bonchev–Trinajstić information content (AvgIpc) is 3.29. The molecule has 1 aromatic carbocycles. The standard InChI is InChI=1S/C16H15N3O3S2/c1-21-14(20)12-6-4-11(5-7-12)10-23-16-19-18-15(24-16)17-9-13-3-2-8-22-13/h2-8H,9-10H2,1H3,(H,17,18). The molecule has 0 aliphatic heterocycles. The lowest BCUT2D eigenvalue weighted by molar-refractivity contribution is 0.0600. The second kappa shape index (κ2) is 7.98. The quantitative estimate of drug-likeness (QED) is 0.506. The van der Waals surface area contributed by atoms with Crippen molar-refractivity contribution in [3.05, 3.63) is 59.5 Å². The predicted molar refractivity (Wildman–Crippen MR) is 93.3 cm³/mol. The molecule has 0 saturated heterocycles. The lowest BCUT2D eigenvalue weighted by atomic mass is 10.1. The van der Waals surface area contributed by atoms with Gasteiger partial charge in [-0.05, 0) is 29.8 Å². The van der Waals surface area contributed by atoms with E-state index in [1.165, 1.54) is 18.4 Å². The predicted octanol–water partition coefficient (Wildman–Crippen LogP) is 3.82. The van der Waals surface area contributed by atoms with Crippen LogP contribution in [0.2, 0.25) is 0 Å². The van der Waals surface area contributed by atoms with Crippen LogP contribution in [0.25, 0.3) is 0 Å². The number of benzene rings is 1. The van der Waals surface area contributed by atoms with E-state index in [-0.39, 0.29) is 5.97 Å². The first kappa shape index (κ1) is 16.5. The van der Waals surface area contributed by atoms with Gasteiger partial charge in [0.05, 0.1) is 25.5 Å². The summed E-state index contributed by atoms with van der Waals surface area (Å²) in [6.45, 7) is 0.585. The molecule has 0 unspecified atom stereocenters. The maximum absolute atomic E-state index is 11.4. The SMILES string of the molecule is COC(=O)c1ccc(CSc2nnc(NCc3ccco3)s2)cc1. The molecular weight excluding hydrogens is 346 g/mol. The van der Waals surface area contributed by atoms with E-state index >= 15 is 0 Å². The van der Waals surface area contributed by atoms with E-state index in [0.717, 1.165) is 26.5 Å². The monoisotopic (exact) mass is 361 g/mol. The first-order valence-electron chi connectivity index (χ1n) is 7.14. The summed E-state index contributed by atoms with van der Waals surface area (Å²) in [5, 5.41) is 12.2. The number of carbonyl (C=O) groups is 1. The van der Waals surface area contributed by atoms with Crippen LogP contribution in [0.15, 0.2) is 51.4 Å². The Hall–Kier alpha value is -2.32. The zero-order chi connectivity index (χ0) is 16.8. The van der Waals surface area contributed by atoms with Gasteiger partial charge in [0.25, 0.3) is 0 Å². The molecule has 8 heteroatoms. The number of hydrogen-bond acceptors (Lipinski definition) is 8. The summed E-state index contributed by atoms with van der Waals surface area (Å²) in [5.41, 5.74) is 1.65. The molecule has 2 aromatic heterocycles. The van der Waals surface area contributed by atoms with Crippen molar-refractivity contribution in [2.24, 2.45) is 0 Å². The molecule has 124 valence electrons. The molecule has 0 amide bonds. The highest BCUT2D eigenvalue weighted by molar-refractivity contribution is 8.00. The van der Waals surface area contributed by atoms with Crippen molar-refractivity contribution >= 4 is 34.2 Å². The number of esters is 1. The molecule has 6 nitrogen and oxygen atoms in total. The largest absolute Gasteiger partial charge is 0.467 e. The topological polar surface area (TPSA) is 77.2 Å². The maximum Gasteiger partial charge on any atom is 0.337 e. The molecule has 0 atom stereocenters. The van der Waals surface area contributed by atoms with Crippen LogP contribution in [-0.4, -0.2) is 23.3 Å². The molecular formula is C16H15N3O3S2. The highest BCUT2D eigenvalue weighted by Gasteiger charge is 2.07. The third-order valence-corrected chi connectivity index (χ3v) is 5.22. The Labute approximate surface area is 147 Å². The Bertz CT molecular complexity index is 785. The molecule has 3 rings (SSSR count). The minimum Gasteiger partial charge on any atom is -0.467 e. The Balaban J connectivity index is 1.50. The van der Waals surface area contributed by atoms with Crippen molar-refractivity contribution < 1.29 is 13.9 Å². The third-order valence-electron chi connectivity index (χ3n) is 3.14. The second-order valence-electron chi connectivity index (χ2n) is 4.78. The summed E-state index contributed by atoms with van der Waals surface area (Å²) >= 11 is 3.10.